The lowest BCUT2D eigenvalue weighted by Gasteiger charge is -2.35. The first-order valence-electron chi connectivity index (χ1n) is 11.2. The zero-order chi connectivity index (χ0) is 24.8. The maximum Gasteiger partial charge on any atom is 0.336 e. The summed E-state index contributed by atoms with van der Waals surface area (Å²) in [5, 5.41) is 9.47. The van der Waals surface area contributed by atoms with Crippen molar-refractivity contribution in [2.75, 3.05) is 20.8 Å². The number of ether oxygens (including phenoxy) is 3. The third-order valence-corrected chi connectivity index (χ3v) is 5.83. The van der Waals surface area contributed by atoms with Gasteiger partial charge < -0.3 is 19.1 Å². The first kappa shape index (κ1) is 24.8. The van der Waals surface area contributed by atoms with Gasteiger partial charge >= 0.3 is 5.97 Å². The largest absolute Gasteiger partial charge is 0.497 e. The number of carbonyl (C=O) groups excluding carboxylic acids is 2. The van der Waals surface area contributed by atoms with Crippen LogP contribution in [0.25, 0.3) is 0 Å². The Morgan fingerprint density at radius 2 is 1.79 bits per heavy atom. The van der Waals surface area contributed by atoms with Crippen molar-refractivity contribution in [1.29, 1.82) is 5.26 Å². The minimum atomic E-state index is -0.515. The second kappa shape index (κ2) is 10.9. The number of allylic oxidation sites excluding steroid dienone is 1. The molecular weight excluding hydrogens is 432 g/mol. The van der Waals surface area contributed by atoms with Crippen molar-refractivity contribution in [2.45, 2.75) is 39.7 Å². The molecule has 7 heteroatoms. The number of esters is 1. The summed E-state index contributed by atoms with van der Waals surface area (Å²) in [5.41, 5.74) is 2.88. The molecule has 0 saturated carbocycles. The molecule has 0 fully saturated rings. The van der Waals surface area contributed by atoms with Crippen molar-refractivity contribution in [3.8, 4) is 17.6 Å². The molecule has 0 aliphatic carbocycles. The van der Waals surface area contributed by atoms with Crippen molar-refractivity contribution in [1.82, 2.24) is 4.90 Å². The molecule has 2 aromatic carbocycles. The number of hydrogen-bond acceptors (Lipinski definition) is 6. The van der Waals surface area contributed by atoms with Crippen LogP contribution in [0.4, 0.5) is 0 Å². The van der Waals surface area contributed by atoms with Gasteiger partial charge in [0.1, 0.15) is 11.5 Å². The molecule has 3 rings (SSSR count). The first-order valence-corrected chi connectivity index (χ1v) is 11.2. The van der Waals surface area contributed by atoms with Gasteiger partial charge in [-0.3, -0.25) is 4.79 Å². The van der Waals surface area contributed by atoms with Gasteiger partial charge in [0.2, 0.25) is 5.91 Å². The molecule has 34 heavy (non-hydrogen) atoms. The number of rotatable bonds is 8. The van der Waals surface area contributed by atoms with Crippen LogP contribution in [0.2, 0.25) is 0 Å². The lowest BCUT2D eigenvalue weighted by atomic mass is 9.83. The van der Waals surface area contributed by atoms with Crippen molar-refractivity contribution < 1.29 is 23.8 Å². The molecule has 0 spiro atoms. The topological polar surface area (TPSA) is 88.9 Å². The summed E-state index contributed by atoms with van der Waals surface area (Å²) in [6.45, 7) is 6.16. The molecule has 1 unspecified atom stereocenters. The van der Waals surface area contributed by atoms with Gasteiger partial charge in [-0.1, -0.05) is 32.0 Å². The van der Waals surface area contributed by atoms with Crippen LogP contribution in [0.1, 0.15) is 49.8 Å². The molecule has 0 aromatic heterocycles. The fourth-order valence-corrected chi connectivity index (χ4v) is 4.04. The third-order valence-electron chi connectivity index (χ3n) is 5.83. The van der Waals surface area contributed by atoms with Gasteiger partial charge in [-0.25, -0.2) is 4.79 Å². The van der Waals surface area contributed by atoms with Crippen LogP contribution < -0.4 is 9.47 Å². The predicted molar refractivity (Wildman–Crippen MR) is 127 cm³/mol. The SMILES string of the molecule is COc1cc(OC)cc(C2CC(=O)N(Cc3ccccc3C#N)C(C)=C2C(=O)OCC(C)C)c1. The number of hydrogen-bond donors (Lipinski definition) is 0. The van der Waals surface area contributed by atoms with Crippen molar-refractivity contribution >= 4 is 11.9 Å². The van der Waals surface area contributed by atoms with Gasteiger partial charge in [-0.15, -0.1) is 0 Å². The molecule has 0 bridgehead atoms. The van der Waals surface area contributed by atoms with Crippen LogP contribution in [0.15, 0.2) is 53.7 Å². The highest BCUT2D eigenvalue weighted by Gasteiger charge is 2.37. The third kappa shape index (κ3) is 5.40. The molecule has 1 atom stereocenters. The second-order valence-electron chi connectivity index (χ2n) is 8.64. The molecule has 7 nitrogen and oxygen atoms in total. The summed E-state index contributed by atoms with van der Waals surface area (Å²) in [6.07, 6.45) is 0.0779. The Labute approximate surface area is 200 Å². The van der Waals surface area contributed by atoms with E-state index in [9.17, 15) is 14.9 Å². The maximum absolute atomic E-state index is 13.3. The van der Waals surface area contributed by atoms with Crippen molar-refractivity contribution in [3.05, 3.63) is 70.4 Å². The van der Waals surface area contributed by atoms with Crippen LogP contribution in [-0.2, 0) is 20.9 Å². The summed E-state index contributed by atoms with van der Waals surface area (Å²) in [4.78, 5) is 28.2. The molecule has 1 amide bonds. The normalized spacial score (nSPS) is 15.9. The molecule has 0 saturated heterocycles. The molecule has 1 aliphatic heterocycles. The van der Waals surface area contributed by atoms with Crippen LogP contribution in [0, 0.1) is 17.2 Å². The average molecular weight is 463 g/mol. The highest BCUT2D eigenvalue weighted by Crippen LogP contribution is 2.40. The van der Waals surface area contributed by atoms with E-state index >= 15 is 0 Å². The van der Waals surface area contributed by atoms with Crippen molar-refractivity contribution in [2.24, 2.45) is 5.92 Å². The smallest absolute Gasteiger partial charge is 0.336 e. The number of nitriles is 1. The molecule has 1 aliphatic rings. The Kier molecular flexibility index (Phi) is 7.95. The molecule has 2 aromatic rings. The Bertz CT molecular complexity index is 1120. The number of amides is 1. The van der Waals surface area contributed by atoms with Crippen LogP contribution in [0.5, 0.6) is 11.5 Å². The zero-order valence-electron chi connectivity index (χ0n) is 20.3. The fourth-order valence-electron chi connectivity index (χ4n) is 4.04. The molecule has 0 N–H and O–H groups in total. The number of methoxy groups -OCH3 is 2. The Morgan fingerprint density at radius 1 is 1.15 bits per heavy atom. The lowest BCUT2D eigenvalue weighted by molar-refractivity contribution is -0.141. The molecule has 0 radical (unpaired) electrons. The molecule has 178 valence electrons. The van der Waals surface area contributed by atoms with E-state index in [4.69, 9.17) is 14.2 Å². The van der Waals surface area contributed by atoms with E-state index < -0.39 is 11.9 Å². The van der Waals surface area contributed by atoms with E-state index in [2.05, 4.69) is 6.07 Å². The molecule has 1 heterocycles. The van der Waals surface area contributed by atoms with E-state index in [0.717, 1.165) is 5.56 Å². The van der Waals surface area contributed by atoms with E-state index in [1.54, 1.807) is 44.2 Å². The number of carbonyl (C=O) groups is 2. The van der Waals surface area contributed by atoms with Crippen LogP contribution >= 0.6 is 0 Å². The highest BCUT2D eigenvalue weighted by atomic mass is 16.5. The Balaban J connectivity index is 2.09. The average Bonchev–Trinajstić information content (AvgIpc) is 2.84. The van der Waals surface area contributed by atoms with E-state index in [1.165, 1.54) is 0 Å². The van der Waals surface area contributed by atoms with Gasteiger partial charge in [0.15, 0.2) is 0 Å². The van der Waals surface area contributed by atoms with Gasteiger partial charge in [-0.05, 0) is 42.2 Å². The van der Waals surface area contributed by atoms with E-state index in [-0.39, 0.29) is 31.4 Å². The van der Waals surface area contributed by atoms with Gasteiger partial charge in [-0.2, -0.15) is 5.26 Å². The zero-order valence-corrected chi connectivity index (χ0v) is 20.3. The van der Waals surface area contributed by atoms with Crippen molar-refractivity contribution in [3.63, 3.8) is 0 Å². The summed E-state index contributed by atoms with van der Waals surface area (Å²) < 4.78 is 16.4. The molecular formula is C27H30N2O5. The van der Waals surface area contributed by atoms with Crippen LogP contribution in [-0.4, -0.2) is 37.6 Å². The summed E-state index contributed by atoms with van der Waals surface area (Å²) in [6, 6.07) is 14.7. The van der Waals surface area contributed by atoms with Gasteiger partial charge in [0, 0.05) is 24.1 Å². The first-order chi connectivity index (χ1) is 16.3. The quantitative estimate of drug-likeness (QED) is 0.534. The summed E-state index contributed by atoms with van der Waals surface area (Å²) in [5.74, 6) is 0.198. The van der Waals surface area contributed by atoms with Gasteiger partial charge in [0.25, 0.3) is 0 Å². The fraction of sp³-hybridized carbons (Fsp3) is 0.370. The second-order valence-corrected chi connectivity index (χ2v) is 8.64. The Morgan fingerprint density at radius 3 is 2.38 bits per heavy atom. The van der Waals surface area contributed by atoms with E-state index in [0.29, 0.717) is 33.9 Å². The number of nitrogens with zero attached hydrogens (tertiary/aromatic N) is 2. The minimum Gasteiger partial charge on any atom is -0.497 e. The van der Waals surface area contributed by atoms with Crippen LogP contribution in [0.3, 0.4) is 0 Å². The summed E-state index contributed by atoms with van der Waals surface area (Å²) in [7, 11) is 3.11. The number of benzene rings is 2. The van der Waals surface area contributed by atoms with Gasteiger partial charge in [0.05, 0.1) is 44.6 Å². The van der Waals surface area contributed by atoms with E-state index in [1.807, 2.05) is 38.1 Å². The Hall–Kier alpha value is -3.79. The highest BCUT2D eigenvalue weighted by molar-refractivity contribution is 5.96. The monoisotopic (exact) mass is 462 g/mol. The maximum atomic E-state index is 13.3. The minimum absolute atomic E-state index is 0.0779. The summed E-state index contributed by atoms with van der Waals surface area (Å²) >= 11 is 0. The standard InChI is InChI=1S/C27H30N2O5/c1-17(2)16-34-27(31)26-18(3)29(15-20-9-7-6-8-19(20)14-28)25(30)13-24(26)21-10-22(32-4)12-23(11-21)33-5/h6-12,17,24H,13,15-16H2,1-5H3. The lowest BCUT2D eigenvalue weighted by Crippen LogP contribution is -2.38. The predicted octanol–water partition coefficient (Wildman–Crippen LogP) is 4.56.